The van der Waals surface area contributed by atoms with Crippen LogP contribution in [0.25, 0.3) is 5.65 Å². The van der Waals surface area contributed by atoms with Crippen molar-refractivity contribution in [2.45, 2.75) is 24.9 Å². The highest BCUT2D eigenvalue weighted by Crippen LogP contribution is 2.23. The molecule has 0 unspecified atom stereocenters. The van der Waals surface area contributed by atoms with Crippen molar-refractivity contribution in [2.75, 3.05) is 19.6 Å². The molecule has 0 atom stereocenters. The van der Waals surface area contributed by atoms with Crippen molar-refractivity contribution in [1.29, 1.82) is 0 Å². The molecule has 0 bridgehead atoms. The molecule has 10 nitrogen and oxygen atoms in total. The molecular weight excluding hydrogens is 437 g/mol. The van der Waals surface area contributed by atoms with Gasteiger partial charge in [-0.1, -0.05) is 6.07 Å². The summed E-state index contributed by atoms with van der Waals surface area (Å²) in [6.07, 6.45) is 8.25. The maximum absolute atomic E-state index is 13.3. The van der Waals surface area contributed by atoms with Crippen molar-refractivity contribution in [3.63, 3.8) is 0 Å². The lowest BCUT2D eigenvalue weighted by Gasteiger charge is -2.41. The lowest BCUT2D eigenvalue weighted by atomic mass is 9.87. The van der Waals surface area contributed by atoms with Crippen LogP contribution in [0.2, 0.25) is 0 Å². The Morgan fingerprint density at radius 1 is 1.26 bits per heavy atom. The number of fused-ring (bicyclic) bond motifs is 1. The Labute approximate surface area is 196 Å². The molecule has 0 saturated carbocycles. The molecule has 0 aliphatic carbocycles. The molecule has 34 heavy (non-hydrogen) atoms. The minimum atomic E-state index is -0.750. The van der Waals surface area contributed by atoms with Gasteiger partial charge in [0, 0.05) is 57.0 Å². The SMILES string of the molecule is NCC1(N/C=C(/C(N)=O)C(N)=Nc2ccnc(F)c2)CCN(Cc2cn3ccccc3n2)CC1. The molecule has 0 aromatic carbocycles. The number of imidazole rings is 1. The zero-order valence-electron chi connectivity index (χ0n) is 18.7. The van der Waals surface area contributed by atoms with Gasteiger partial charge in [-0.25, -0.2) is 15.0 Å². The van der Waals surface area contributed by atoms with Crippen LogP contribution >= 0.6 is 0 Å². The monoisotopic (exact) mass is 465 g/mol. The Hall–Kier alpha value is -3.83. The Bertz CT molecular complexity index is 1190. The quantitative estimate of drug-likeness (QED) is 0.166. The second-order valence-electron chi connectivity index (χ2n) is 8.36. The smallest absolute Gasteiger partial charge is 0.253 e. The second kappa shape index (κ2) is 9.98. The number of aromatic nitrogens is 3. The van der Waals surface area contributed by atoms with Gasteiger partial charge in [0.05, 0.1) is 22.5 Å². The maximum Gasteiger partial charge on any atom is 0.253 e. The highest BCUT2D eigenvalue weighted by molar-refractivity contribution is 6.20. The van der Waals surface area contributed by atoms with Crippen LogP contribution < -0.4 is 22.5 Å². The van der Waals surface area contributed by atoms with E-state index in [1.165, 1.54) is 18.5 Å². The number of halogens is 1. The number of hydrogen-bond donors (Lipinski definition) is 4. The highest BCUT2D eigenvalue weighted by atomic mass is 19.1. The number of carbonyl (C=O) groups excluding carboxylic acids is 1. The van der Waals surface area contributed by atoms with Crippen LogP contribution in [0.5, 0.6) is 0 Å². The molecule has 1 amide bonds. The van der Waals surface area contributed by atoms with Crippen LogP contribution in [0, 0.1) is 5.95 Å². The van der Waals surface area contributed by atoms with E-state index in [2.05, 4.69) is 25.2 Å². The number of aliphatic imine (C=N–C) groups is 1. The first-order valence-corrected chi connectivity index (χ1v) is 11.0. The molecule has 3 aromatic rings. The van der Waals surface area contributed by atoms with Gasteiger partial charge in [0.2, 0.25) is 5.95 Å². The van der Waals surface area contributed by atoms with Gasteiger partial charge < -0.3 is 26.9 Å². The Morgan fingerprint density at radius 3 is 2.74 bits per heavy atom. The van der Waals surface area contributed by atoms with Gasteiger partial charge in [-0.05, 0) is 31.0 Å². The van der Waals surface area contributed by atoms with Gasteiger partial charge in [0.15, 0.2) is 0 Å². The van der Waals surface area contributed by atoms with E-state index in [9.17, 15) is 9.18 Å². The molecule has 1 aliphatic rings. The average molecular weight is 466 g/mol. The number of amidine groups is 1. The van der Waals surface area contributed by atoms with Crippen molar-refractivity contribution in [3.05, 3.63) is 72.3 Å². The standard InChI is InChI=1S/C23H28FN9O/c24-19-11-16(4-7-28-19)31-21(26)18(22(27)34)12-29-23(15-25)5-9-32(10-6-23)13-17-14-33-8-2-1-3-20(33)30-17/h1-4,7-8,11-12,14,29H,5-6,9-10,13,15,25H2,(H2,27,34)(H2,26,28,31)/b18-12+. The number of nitrogens with zero attached hydrogens (tertiary/aromatic N) is 5. The summed E-state index contributed by atoms with van der Waals surface area (Å²) in [6.45, 7) is 2.71. The van der Waals surface area contributed by atoms with Crippen LogP contribution in [-0.2, 0) is 11.3 Å². The van der Waals surface area contributed by atoms with Crippen molar-refractivity contribution < 1.29 is 9.18 Å². The van der Waals surface area contributed by atoms with Crippen LogP contribution in [0.15, 0.2) is 65.7 Å². The Morgan fingerprint density at radius 2 is 2.06 bits per heavy atom. The zero-order chi connectivity index (χ0) is 24.1. The summed E-state index contributed by atoms with van der Waals surface area (Å²) < 4.78 is 15.3. The van der Waals surface area contributed by atoms with Gasteiger partial charge in [-0.15, -0.1) is 0 Å². The number of amides is 1. The molecule has 0 spiro atoms. The first kappa shape index (κ1) is 23.3. The number of carbonyl (C=O) groups is 1. The third-order valence-corrected chi connectivity index (χ3v) is 6.03. The van der Waals surface area contributed by atoms with Crippen LogP contribution in [-0.4, -0.2) is 56.2 Å². The predicted octanol–water partition coefficient (Wildman–Crippen LogP) is 0.809. The molecule has 178 valence electrons. The summed E-state index contributed by atoms with van der Waals surface area (Å²) in [4.78, 5) is 26.6. The third-order valence-electron chi connectivity index (χ3n) is 6.03. The van der Waals surface area contributed by atoms with E-state index < -0.39 is 17.4 Å². The van der Waals surface area contributed by atoms with E-state index in [4.69, 9.17) is 17.2 Å². The number of nitrogens with two attached hydrogens (primary N) is 3. The first-order chi connectivity index (χ1) is 16.4. The summed E-state index contributed by atoms with van der Waals surface area (Å²) >= 11 is 0. The minimum Gasteiger partial charge on any atom is -0.383 e. The van der Waals surface area contributed by atoms with Gasteiger partial charge in [-0.2, -0.15) is 4.39 Å². The third kappa shape index (κ3) is 5.38. The van der Waals surface area contributed by atoms with Crippen LogP contribution in [0.3, 0.4) is 0 Å². The van der Waals surface area contributed by atoms with Gasteiger partial charge in [0.25, 0.3) is 5.91 Å². The fraction of sp³-hybridized carbons (Fsp3) is 0.304. The Kier molecular flexibility index (Phi) is 6.85. The molecule has 1 aliphatic heterocycles. The minimum absolute atomic E-state index is 0.00262. The van der Waals surface area contributed by atoms with Crippen molar-refractivity contribution in [1.82, 2.24) is 24.6 Å². The van der Waals surface area contributed by atoms with E-state index in [0.29, 0.717) is 6.54 Å². The topological polar surface area (TPSA) is 153 Å². The fourth-order valence-corrected chi connectivity index (χ4v) is 4.00. The molecule has 11 heteroatoms. The maximum atomic E-state index is 13.3. The summed E-state index contributed by atoms with van der Waals surface area (Å²) in [5.41, 5.74) is 19.4. The zero-order valence-corrected chi connectivity index (χ0v) is 18.7. The number of primary amides is 1. The first-order valence-electron chi connectivity index (χ1n) is 11.0. The van der Waals surface area contributed by atoms with E-state index in [1.54, 1.807) is 0 Å². The fourth-order valence-electron chi connectivity index (χ4n) is 4.00. The number of likely N-dealkylation sites (tertiary alicyclic amines) is 1. The molecular formula is C23H28FN9O. The molecule has 4 rings (SSSR count). The van der Waals surface area contributed by atoms with Crippen molar-refractivity contribution in [2.24, 2.45) is 22.2 Å². The van der Waals surface area contributed by atoms with Crippen LogP contribution in [0.1, 0.15) is 18.5 Å². The molecule has 0 radical (unpaired) electrons. The largest absolute Gasteiger partial charge is 0.383 e. The molecule has 3 aromatic heterocycles. The number of nitrogens with one attached hydrogen (secondary N) is 1. The highest BCUT2D eigenvalue weighted by Gasteiger charge is 2.33. The molecule has 4 heterocycles. The predicted molar refractivity (Wildman–Crippen MR) is 127 cm³/mol. The number of pyridine rings is 2. The van der Waals surface area contributed by atoms with E-state index in [-0.39, 0.29) is 17.1 Å². The molecule has 1 saturated heterocycles. The van der Waals surface area contributed by atoms with E-state index in [0.717, 1.165) is 49.9 Å². The number of piperidine rings is 1. The van der Waals surface area contributed by atoms with E-state index >= 15 is 0 Å². The second-order valence-corrected chi connectivity index (χ2v) is 8.36. The summed E-state index contributed by atoms with van der Waals surface area (Å²) in [5.74, 6) is -1.57. The van der Waals surface area contributed by atoms with Gasteiger partial charge >= 0.3 is 0 Å². The van der Waals surface area contributed by atoms with Crippen LogP contribution in [0.4, 0.5) is 10.1 Å². The lowest BCUT2D eigenvalue weighted by molar-refractivity contribution is -0.114. The van der Waals surface area contributed by atoms with Gasteiger partial charge in [-0.3, -0.25) is 9.69 Å². The van der Waals surface area contributed by atoms with Gasteiger partial charge in [0.1, 0.15) is 11.5 Å². The van der Waals surface area contributed by atoms with Crippen molar-refractivity contribution >= 4 is 23.1 Å². The summed E-state index contributed by atoms with van der Waals surface area (Å²) in [5, 5.41) is 3.27. The molecule has 1 fully saturated rings. The summed E-state index contributed by atoms with van der Waals surface area (Å²) in [6, 6.07) is 8.50. The van der Waals surface area contributed by atoms with Crippen molar-refractivity contribution in [3.8, 4) is 0 Å². The average Bonchev–Trinajstić information content (AvgIpc) is 3.22. The number of rotatable bonds is 8. The van der Waals surface area contributed by atoms with E-state index in [1.807, 2.05) is 35.0 Å². The normalized spacial score (nSPS) is 17.1. The molecule has 7 N–H and O–H groups in total. The lowest BCUT2D eigenvalue weighted by Crippen LogP contribution is -2.56. The summed E-state index contributed by atoms with van der Waals surface area (Å²) in [7, 11) is 0. The Balaban J connectivity index is 1.42. The number of hydrogen-bond acceptors (Lipinski definition) is 7.